The average molecular weight is 402 g/mol. The molecule has 0 amide bonds. The van der Waals surface area contributed by atoms with E-state index in [9.17, 15) is 9.59 Å². The minimum Gasteiger partial charge on any atom is -0.497 e. The lowest BCUT2D eigenvalue weighted by molar-refractivity contribution is -0.135. The van der Waals surface area contributed by atoms with Crippen LogP contribution in [0.1, 0.15) is 45.3 Å². The first-order chi connectivity index (χ1) is 14.5. The maximum absolute atomic E-state index is 12.9. The van der Waals surface area contributed by atoms with E-state index < -0.39 is 0 Å². The van der Waals surface area contributed by atoms with Crippen LogP contribution < -0.4 is 14.2 Å². The number of hydrogen-bond donors (Lipinski definition) is 0. The van der Waals surface area contributed by atoms with E-state index in [1.165, 1.54) is 0 Å². The summed E-state index contributed by atoms with van der Waals surface area (Å²) < 4.78 is 22.2. The number of methoxy groups -OCH3 is 1. The highest BCUT2D eigenvalue weighted by Gasteiger charge is 2.38. The number of esters is 1. The number of ether oxygens (including phenoxy) is 3. The molecule has 0 saturated carbocycles. The van der Waals surface area contributed by atoms with Gasteiger partial charge in [-0.1, -0.05) is 12.1 Å². The van der Waals surface area contributed by atoms with Gasteiger partial charge in [0.2, 0.25) is 5.78 Å². The number of hydrogen-bond acceptors (Lipinski definition) is 6. The fourth-order valence-corrected chi connectivity index (χ4v) is 3.89. The minimum atomic E-state index is -0.325. The van der Waals surface area contributed by atoms with E-state index in [0.29, 0.717) is 28.4 Å². The van der Waals surface area contributed by atoms with Gasteiger partial charge in [-0.2, -0.15) is 0 Å². The van der Waals surface area contributed by atoms with Crippen LogP contribution in [0.4, 0.5) is 0 Å². The predicted molar refractivity (Wildman–Crippen MR) is 108 cm³/mol. The number of allylic oxidation sites excluding steroid dienone is 1. The third-order valence-electron chi connectivity index (χ3n) is 5.33. The molecule has 3 heterocycles. The van der Waals surface area contributed by atoms with Gasteiger partial charge in [-0.15, -0.1) is 0 Å². The predicted octanol–water partition coefficient (Wildman–Crippen LogP) is 4.65. The van der Waals surface area contributed by atoms with Crippen LogP contribution in [-0.4, -0.2) is 18.9 Å². The smallest absolute Gasteiger partial charge is 0.312 e. The molecule has 0 radical (unpaired) electrons. The largest absolute Gasteiger partial charge is 0.497 e. The molecule has 0 bridgehead atoms. The van der Waals surface area contributed by atoms with Crippen LogP contribution in [0, 0.1) is 6.92 Å². The van der Waals surface area contributed by atoms with Gasteiger partial charge in [0.05, 0.1) is 19.1 Å². The number of aryl methyl sites for hydroxylation is 1. The van der Waals surface area contributed by atoms with Crippen molar-refractivity contribution < 1.29 is 28.2 Å². The molecule has 6 heteroatoms. The molecule has 0 unspecified atom stereocenters. The molecule has 2 aliphatic heterocycles. The standard InChI is InChI=1S/C24H18O6/c1-13-3-6-16(28-13)11-20-23(26)17-9-10-19-22(24(17)30-20)18(12-21(25)29-19)14-4-7-15(27-2)8-5-14/h3-11,18H,12H2,1-2H3/b20-11-/t18-/m0/s1. The third-order valence-corrected chi connectivity index (χ3v) is 5.33. The molecule has 6 nitrogen and oxygen atoms in total. The van der Waals surface area contributed by atoms with E-state index in [1.807, 2.05) is 37.3 Å². The van der Waals surface area contributed by atoms with Gasteiger partial charge in [-0.3, -0.25) is 9.59 Å². The van der Waals surface area contributed by atoms with Gasteiger partial charge in [0, 0.05) is 17.6 Å². The van der Waals surface area contributed by atoms with E-state index >= 15 is 0 Å². The summed E-state index contributed by atoms with van der Waals surface area (Å²) in [6, 6.07) is 14.4. The summed E-state index contributed by atoms with van der Waals surface area (Å²) in [7, 11) is 1.60. The minimum absolute atomic E-state index is 0.157. The molecule has 1 aromatic heterocycles. The quantitative estimate of drug-likeness (QED) is 0.361. The highest BCUT2D eigenvalue weighted by Crippen LogP contribution is 2.49. The van der Waals surface area contributed by atoms with Gasteiger partial charge in [0.1, 0.15) is 28.8 Å². The van der Waals surface area contributed by atoms with Crippen LogP contribution in [0.2, 0.25) is 0 Å². The molecule has 2 aliphatic rings. The van der Waals surface area contributed by atoms with Crippen LogP contribution in [-0.2, 0) is 4.79 Å². The first-order valence-corrected chi connectivity index (χ1v) is 9.55. The van der Waals surface area contributed by atoms with E-state index in [1.54, 1.807) is 31.4 Å². The fourth-order valence-electron chi connectivity index (χ4n) is 3.89. The van der Waals surface area contributed by atoms with Gasteiger partial charge in [0.25, 0.3) is 0 Å². The molecule has 0 saturated heterocycles. The lowest BCUT2D eigenvalue weighted by Gasteiger charge is -2.26. The first-order valence-electron chi connectivity index (χ1n) is 9.55. The SMILES string of the molecule is COc1ccc([C@@H]2CC(=O)Oc3ccc4c(c32)O/C(=C\c2ccc(C)o2)C4=O)cc1. The molecule has 0 spiro atoms. The Morgan fingerprint density at radius 3 is 2.50 bits per heavy atom. The monoisotopic (exact) mass is 402 g/mol. The molecule has 3 aromatic rings. The summed E-state index contributed by atoms with van der Waals surface area (Å²) >= 11 is 0. The van der Waals surface area contributed by atoms with Crippen molar-refractivity contribution in [1.29, 1.82) is 0 Å². The second-order valence-corrected chi connectivity index (χ2v) is 7.25. The van der Waals surface area contributed by atoms with Crippen molar-refractivity contribution >= 4 is 17.8 Å². The summed E-state index contributed by atoms with van der Waals surface area (Å²) in [5, 5.41) is 0. The summed E-state index contributed by atoms with van der Waals surface area (Å²) in [4.78, 5) is 25.2. The Kier molecular flexibility index (Phi) is 4.20. The number of rotatable bonds is 3. The molecule has 0 aliphatic carbocycles. The zero-order chi connectivity index (χ0) is 20.8. The van der Waals surface area contributed by atoms with E-state index in [0.717, 1.165) is 17.1 Å². The van der Waals surface area contributed by atoms with Gasteiger partial charge in [-0.25, -0.2) is 0 Å². The molecule has 30 heavy (non-hydrogen) atoms. The van der Waals surface area contributed by atoms with Gasteiger partial charge >= 0.3 is 5.97 Å². The normalized spacial score (nSPS) is 18.6. The Balaban J connectivity index is 1.60. The van der Waals surface area contributed by atoms with Crippen molar-refractivity contribution in [2.75, 3.05) is 7.11 Å². The van der Waals surface area contributed by atoms with Crippen molar-refractivity contribution in [1.82, 2.24) is 0 Å². The Bertz CT molecular complexity index is 1200. The molecule has 1 atom stereocenters. The van der Waals surface area contributed by atoms with E-state index in [2.05, 4.69) is 0 Å². The zero-order valence-electron chi connectivity index (χ0n) is 16.4. The van der Waals surface area contributed by atoms with Crippen molar-refractivity contribution in [2.24, 2.45) is 0 Å². The Hall–Kier alpha value is -3.80. The second-order valence-electron chi connectivity index (χ2n) is 7.25. The number of Topliss-reactive ketones (excluding diaryl/α,β-unsaturated/α-hetero) is 1. The van der Waals surface area contributed by atoms with Crippen molar-refractivity contribution in [3.8, 4) is 17.2 Å². The molecule has 150 valence electrons. The average Bonchev–Trinajstić information content (AvgIpc) is 3.30. The molecule has 2 aromatic carbocycles. The number of carbonyl (C=O) groups excluding carboxylic acids is 2. The first kappa shape index (κ1) is 18.2. The topological polar surface area (TPSA) is 75.0 Å². The molecular weight excluding hydrogens is 384 g/mol. The van der Waals surface area contributed by atoms with Crippen LogP contribution in [0.25, 0.3) is 6.08 Å². The zero-order valence-corrected chi connectivity index (χ0v) is 16.4. The van der Waals surface area contributed by atoms with E-state index in [-0.39, 0.29) is 29.9 Å². The van der Waals surface area contributed by atoms with Crippen molar-refractivity contribution in [3.05, 3.63) is 82.5 Å². The number of ketones is 1. The summed E-state index contributed by atoms with van der Waals surface area (Å²) in [6.07, 6.45) is 1.74. The molecule has 0 fully saturated rings. The number of furan rings is 1. The van der Waals surface area contributed by atoms with E-state index in [4.69, 9.17) is 18.6 Å². The van der Waals surface area contributed by atoms with Crippen LogP contribution in [0.3, 0.4) is 0 Å². The Morgan fingerprint density at radius 2 is 1.80 bits per heavy atom. The molecular formula is C24H18O6. The van der Waals surface area contributed by atoms with Gasteiger partial charge < -0.3 is 18.6 Å². The Labute approximate surface area is 172 Å². The third kappa shape index (κ3) is 2.97. The van der Waals surface area contributed by atoms with Gasteiger partial charge in [-0.05, 0) is 48.9 Å². The Morgan fingerprint density at radius 1 is 1.00 bits per heavy atom. The summed E-state index contributed by atoms with van der Waals surface area (Å²) in [5.41, 5.74) is 2.06. The summed E-state index contributed by atoms with van der Waals surface area (Å²) in [5.74, 6) is 2.18. The van der Waals surface area contributed by atoms with Crippen molar-refractivity contribution in [2.45, 2.75) is 19.3 Å². The number of fused-ring (bicyclic) bond motifs is 3. The van der Waals surface area contributed by atoms with Crippen LogP contribution >= 0.6 is 0 Å². The number of benzene rings is 2. The van der Waals surface area contributed by atoms with Crippen molar-refractivity contribution in [3.63, 3.8) is 0 Å². The molecule has 0 N–H and O–H groups in total. The fraction of sp³-hybridized carbons (Fsp3) is 0.167. The lowest BCUT2D eigenvalue weighted by atomic mass is 9.84. The van der Waals surface area contributed by atoms with Crippen LogP contribution in [0.15, 0.2) is 58.7 Å². The lowest BCUT2D eigenvalue weighted by Crippen LogP contribution is -2.21. The molecule has 5 rings (SSSR count). The summed E-state index contributed by atoms with van der Waals surface area (Å²) in [6.45, 7) is 1.83. The number of carbonyl (C=O) groups is 2. The second kappa shape index (κ2) is 6.91. The van der Waals surface area contributed by atoms with Gasteiger partial charge in [0.15, 0.2) is 5.76 Å². The highest BCUT2D eigenvalue weighted by atomic mass is 16.5. The highest BCUT2D eigenvalue weighted by molar-refractivity contribution is 6.15. The maximum Gasteiger partial charge on any atom is 0.312 e. The van der Waals surface area contributed by atoms with Crippen LogP contribution in [0.5, 0.6) is 17.2 Å². The maximum atomic E-state index is 12.9.